The number of nitrogens with two attached hydrogens (primary N) is 1. The molecule has 98 valence electrons. The van der Waals surface area contributed by atoms with Crippen molar-refractivity contribution in [2.24, 2.45) is 0 Å². The molecule has 2 nitrogen and oxygen atoms in total. The summed E-state index contributed by atoms with van der Waals surface area (Å²) in [6.07, 6.45) is 0. The van der Waals surface area contributed by atoms with Gasteiger partial charge in [0.15, 0.2) is 5.78 Å². The van der Waals surface area contributed by atoms with Crippen LogP contribution in [0, 0.1) is 0 Å². The summed E-state index contributed by atoms with van der Waals surface area (Å²) in [6, 6.07) is 18.9. The fraction of sp³-hybridized carbons (Fsp3) is 0. The molecule has 0 radical (unpaired) electrons. The fourth-order valence-corrected chi connectivity index (χ4v) is 2.97. The third-order valence-electron chi connectivity index (χ3n) is 3.09. The number of benzene rings is 2. The number of carbonyl (C=O) groups is 1. The summed E-state index contributed by atoms with van der Waals surface area (Å²) in [5.74, 6) is 0.0353. The normalized spacial score (nSPS) is 10.4. The molecular weight excluding hydrogens is 266 g/mol. The lowest BCUT2D eigenvalue weighted by Crippen LogP contribution is -2.02. The van der Waals surface area contributed by atoms with Gasteiger partial charge in [0.1, 0.15) is 0 Å². The predicted octanol–water partition coefficient (Wildman–Crippen LogP) is 4.23. The van der Waals surface area contributed by atoms with E-state index >= 15 is 0 Å². The Hall–Kier alpha value is -2.39. The molecule has 3 aromatic rings. The summed E-state index contributed by atoms with van der Waals surface area (Å²) in [5.41, 5.74) is 8.85. The maximum Gasteiger partial charge on any atom is 0.193 e. The van der Waals surface area contributed by atoms with E-state index in [0.29, 0.717) is 11.1 Å². The summed E-state index contributed by atoms with van der Waals surface area (Å²) in [4.78, 5) is 13.6. The second-order valence-electron chi connectivity index (χ2n) is 4.49. The van der Waals surface area contributed by atoms with E-state index in [-0.39, 0.29) is 5.78 Å². The van der Waals surface area contributed by atoms with Gasteiger partial charge in [0.2, 0.25) is 0 Å². The number of nitrogen functional groups attached to an aromatic ring is 1. The van der Waals surface area contributed by atoms with Gasteiger partial charge in [-0.25, -0.2) is 0 Å². The zero-order chi connectivity index (χ0) is 13.9. The van der Waals surface area contributed by atoms with Gasteiger partial charge < -0.3 is 5.73 Å². The number of carbonyl (C=O) groups excluding carboxylic acids is 1. The zero-order valence-electron chi connectivity index (χ0n) is 10.7. The Labute approximate surface area is 121 Å². The van der Waals surface area contributed by atoms with Crippen molar-refractivity contribution < 1.29 is 4.79 Å². The summed E-state index contributed by atoms with van der Waals surface area (Å²) in [5, 5.41) is 1.89. The van der Waals surface area contributed by atoms with Crippen LogP contribution in [0.5, 0.6) is 0 Å². The molecule has 0 aliphatic heterocycles. The molecule has 0 fully saturated rings. The molecule has 1 aromatic heterocycles. The minimum absolute atomic E-state index is 0.0353. The Balaban J connectivity index is 2.09. The highest BCUT2D eigenvalue weighted by molar-refractivity contribution is 7.14. The van der Waals surface area contributed by atoms with Crippen molar-refractivity contribution in [3.63, 3.8) is 0 Å². The number of hydrogen-bond acceptors (Lipinski definition) is 3. The Morgan fingerprint density at radius 2 is 1.65 bits per heavy atom. The Morgan fingerprint density at radius 1 is 0.950 bits per heavy atom. The van der Waals surface area contributed by atoms with Gasteiger partial charge in [-0.05, 0) is 6.07 Å². The van der Waals surface area contributed by atoms with Crippen LogP contribution in [0.1, 0.15) is 15.9 Å². The van der Waals surface area contributed by atoms with E-state index in [1.807, 2.05) is 66.0 Å². The molecule has 2 N–H and O–H groups in total. The second-order valence-corrected chi connectivity index (χ2v) is 5.40. The molecule has 0 atom stereocenters. The highest BCUT2D eigenvalue weighted by Crippen LogP contribution is 2.32. The van der Waals surface area contributed by atoms with Gasteiger partial charge in [0.05, 0.1) is 0 Å². The Bertz CT molecular complexity index is 746. The largest absolute Gasteiger partial charge is 0.398 e. The van der Waals surface area contributed by atoms with E-state index in [4.69, 9.17) is 5.73 Å². The van der Waals surface area contributed by atoms with Gasteiger partial charge in [0.25, 0.3) is 0 Å². The van der Waals surface area contributed by atoms with E-state index in [9.17, 15) is 4.79 Å². The van der Waals surface area contributed by atoms with E-state index in [1.54, 1.807) is 11.3 Å². The first-order chi connectivity index (χ1) is 9.75. The molecule has 0 spiro atoms. The monoisotopic (exact) mass is 279 g/mol. The minimum Gasteiger partial charge on any atom is -0.398 e. The first-order valence-corrected chi connectivity index (χ1v) is 7.17. The SMILES string of the molecule is Nc1csc(-c2ccccc2C(=O)c2ccccc2)c1. The smallest absolute Gasteiger partial charge is 0.193 e. The standard InChI is InChI=1S/C17H13NOS/c18-13-10-16(20-11-13)14-8-4-5-9-15(14)17(19)12-6-2-1-3-7-12/h1-11H,18H2. The molecule has 0 amide bonds. The number of hydrogen-bond donors (Lipinski definition) is 1. The van der Waals surface area contributed by atoms with E-state index < -0.39 is 0 Å². The van der Waals surface area contributed by atoms with E-state index in [0.717, 1.165) is 16.1 Å². The Morgan fingerprint density at radius 3 is 2.35 bits per heavy atom. The molecule has 3 heteroatoms. The minimum atomic E-state index is 0.0353. The quantitative estimate of drug-likeness (QED) is 0.729. The average Bonchev–Trinajstić information content (AvgIpc) is 2.94. The van der Waals surface area contributed by atoms with Gasteiger partial charge in [0, 0.05) is 32.6 Å². The van der Waals surface area contributed by atoms with Gasteiger partial charge in [-0.2, -0.15) is 0 Å². The fourth-order valence-electron chi connectivity index (χ4n) is 2.13. The molecule has 1 heterocycles. The Kier molecular flexibility index (Phi) is 3.35. The predicted molar refractivity (Wildman–Crippen MR) is 84.0 cm³/mol. The highest BCUT2D eigenvalue weighted by atomic mass is 32.1. The molecule has 0 bridgehead atoms. The van der Waals surface area contributed by atoms with Crippen molar-refractivity contribution in [3.8, 4) is 10.4 Å². The molecule has 2 aromatic carbocycles. The van der Waals surface area contributed by atoms with Crippen LogP contribution in [-0.2, 0) is 0 Å². The van der Waals surface area contributed by atoms with Crippen molar-refractivity contribution >= 4 is 22.8 Å². The number of thiophene rings is 1. The molecular formula is C17H13NOS. The highest BCUT2D eigenvalue weighted by Gasteiger charge is 2.14. The van der Waals surface area contributed by atoms with Crippen molar-refractivity contribution in [2.45, 2.75) is 0 Å². The summed E-state index contributed by atoms with van der Waals surface area (Å²) in [6.45, 7) is 0. The molecule has 0 saturated carbocycles. The van der Waals surface area contributed by atoms with Gasteiger partial charge >= 0.3 is 0 Å². The van der Waals surface area contributed by atoms with E-state index in [1.165, 1.54) is 0 Å². The van der Waals surface area contributed by atoms with Crippen LogP contribution in [0.25, 0.3) is 10.4 Å². The lowest BCUT2D eigenvalue weighted by atomic mass is 9.97. The lowest BCUT2D eigenvalue weighted by Gasteiger charge is -2.07. The third-order valence-corrected chi connectivity index (χ3v) is 4.07. The van der Waals surface area contributed by atoms with Gasteiger partial charge in [-0.15, -0.1) is 11.3 Å². The molecule has 0 aliphatic rings. The topological polar surface area (TPSA) is 43.1 Å². The van der Waals surface area contributed by atoms with Crippen molar-refractivity contribution in [3.05, 3.63) is 77.2 Å². The van der Waals surface area contributed by atoms with Crippen LogP contribution >= 0.6 is 11.3 Å². The first kappa shape index (κ1) is 12.6. The van der Waals surface area contributed by atoms with Gasteiger partial charge in [-0.1, -0.05) is 54.6 Å². The number of ketones is 1. The summed E-state index contributed by atoms with van der Waals surface area (Å²) < 4.78 is 0. The van der Waals surface area contributed by atoms with Crippen molar-refractivity contribution in [1.82, 2.24) is 0 Å². The molecule has 20 heavy (non-hydrogen) atoms. The maximum absolute atomic E-state index is 12.6. The second kappa shape index (κ2) is 5.31. The summed E-state index contributed by atoms with van der Waals surface area (Å²) >= 11 is 1.55. The van der Waals surface area contributed by atoms with E-state index in [2.05, 4.69) is 0 Å². The number of rotatable bonds is 3. The van der Waals surface area contributed by atoms with Crippen LogP contribution in [0.2, 0.25) is 0 Å². The molecule has 0 aliphatic carbocycles. The molecule has 0 saturated heterocycles. The summed E-state index contributed by atoms with van der Waals surface area (Å²) in [7, 11) is 0. The van der Waals surface area contributed by atoms with Crippen LogP contribution in [0.4, 0.5) is 5.69 Å². The zero-order valence-corrected chi connectivity index (χ0v) is 11.6. The van der Waals surface area contributed by atoms with Crippen molar-refractivity contribution in [2.75, 3.05) is 5.73 Å². The van der Waals surface area contributed by atoms with Gasteiger partial charge in [-0.3, -0.25) is 4.79 Å². The number of anilines is 1. The maximum atomic E-state index is 12.6. The lowest BCUT2D eigenvalue weighted by molar-refractivity contribution is 0.103. The third kappa shape index (κ3) is 2.36. The van der Waals surface area contributed by atoms with Crippen LogP contribution in [0.15, 0.2) is 66.0 Å². The molecule has 0 unspecified atom stereocenters. The van der Waals surface area contributed by atoms with Crippen LogP contribution in [-0.4, -0.2) is 5.78 Å². The molecule has 3 rings (SSSR count). The van der Waals surface area contributed by atoms with Crippen LogP contribution < -0.4 is 5.73 Å². The van der Waals surface area contributed by atoms with Crippen LogP contribution in [0.3, 0.4) is 0 Å². The van der Waals surface area contributed by atoms with Crippen molar-refractivity contribution in [1.29, 1.82) is 0 Å². The average molecular weight is 279 g/mol. The first-order valence-electron chi connectivity index (χ1n) is 6.29.